The van der Waals surface area contributed by atoms with E-state index < -0.39 is 0 Å². The number of pyridine rings is 1. The summed E-state index contributed by atoms with van der Waals surface area (Å²) in [5, 5.41) is 16.3. The van der Waals surface area contributed by atoms with Crippen LogP contribution in [0.25, 0.3) is 0 Å². The van der Waals surface area contributed by atoms with Crippen LogP contribution in [0.5, 0.6) is 11.6 Å². The summed E-state index contributed by atoms with van der Waals surface area (Å²) in [5.41, 5.74) is 6.48. The number of amidine groups is 1. The Bertz CT molecular complexity index is 570. The third-order valence-corrected chi connectivity index (χ3v) is 2.30. The summed E-state index contributed by atoms with van der Waals surface area (Å²) in [6.45, 7) is -0.0435. The van der Waals surface area contributed by atoms with E-state index in [0.717, 1.165) is 5.56 Å². The minimum Gasteiger partial charge on any atom is -0.439 e. The zero-order valence-corrected chi connectivity index (χ0v) is 9.63. The molecule has 0 amide bonds. The van der Waals surface area contributed by atoms with Crippen LogP contribution in [0.3, 0.4) is 0 Å². The molecule has 0 bridgehead atoms. The van der Waals surface area contributed by atoms with Gasteiger partial charge in [-0.25, -0.2) is 4.98 Å². The van der Waals surface area contributed by atoms with Crippen LogP contribution in [-0.2, 0) is 6.61 Å². The third-order valence-electron chi connectivity index (χ3n) is 2.30. The van der Waals surface area contributed by atoms with Crippen molar-refractivity contribution in [3.05, 3.63) is 53.7 Å². The van der Waals surface area contributed by atoms with Gasteiger partial charge in [0.2, 0.25) is 5.88 Å². The number of rotatable bonds is 4. The topological polar surface area (TPSA) is 92.2 Å². The number of nitrogen functional groups attached to an aromatic ring is 1. The van der Waals surface area contributed by atoms with Crippen LogP contribution in [0.2, 0.25) is 0 Å². The van der Waals surface area contributed by atoms with E-state index >= 15 is 0 Å². The van der Waals surface area contributed by atoms with E-state index in [0.29, 0.717) is 17.3 Å². The highest BCUT2D eigenvalue weighted by Crippen LogP contribution is 2.20. The summed E-state index contributed by atoms with van der Waals surface area (Å²) in [4.78, 5) is 4.09. The number of hydrogen-bond donors (Lipinski definition) is 3. The predicted octanol–water partition coefficient (Wildman–Crippen LogP) is 1.65. The van der Waals surface area contributed by atoms with Crippen LogP contribution < -0.4 is 10.5 Å². The van der Waals surface area contributed by atoms with Crippen LogP contribution in [0.4, 0.5) is 0 Å². The summed E-state index contributed by atoms with van der Waals surface area (Å²) in [6.07, 6.45) is 0. The minimum absolute atomic E-state index is 0.0435. The number of nitrogens with one attached hydrogen (secondary N) is 1. The molecule has 2 aromatic rings. The standard InChI is InChI=1S/C13H13N3O2/c14-13(15)11-5-2-6-12(16-11)18-10-4-1-3-9(7-10)8-17/h1-7,17H,8H2,(H3,14,15). The van der Waals surface area contributed by atoms with E-state index in [1.165, 1.54) is 0 Å². The van der Waals surface area contributed by atoms with Gasteiger partial charge in [-0.05, 0) is 23.8 Å². The quantitative estimate of drug-likeness (QED) is 0.562. The lowest BCUT2D eigenvalue weighted by atomic mass is 10.2. The Morgan fingerprint density at radius 3 is 2.78 bits per heavy atom. The molecule has 1 aromatic carbocycles. The van der Waals surface area contributed by atoms with Gasteiger partial charge in [-0.1, -0.05) is 18.2 Å². The van der Waals surface area contributed by atoms with E-state index in [2.05, 4.69) is 4.98 Å². The van der Waals surface area contributed by atoms with Crippen molar-refractivity contribution in [3.63, 3.8) is 0 Å². The normalized spacial score (nSPS) is 10.1. The fraction of sp³-hybridized carbons (Fsp3) is 0.0769. The number of nitrogens with two attached hydrogens (primary N) is 1. The SMILES string of the molecule is N=C(N)c1cccc(Oc2cccc(CO)c2)n1. The number of nitrogens with zero attached hydrogens (tertiary/aromatic N) is 1. The lowest BCUT2D eigenvalue weighted by Gasteiger charge is -2.07. The number of aliphatic hydroxyl groups excluding tert-OH is 1. The van der Waals surface area contributed by atoms with E-state index in [1.54, 1.807) is 42.5 Å². The second kappa shape index (κ2) is 5.29. The highest BCUT2D eigenvalue weighted by atomic mass is 16.5. The van der Waals surface area contributed by atoms with Gasteiger partial charge >= 0.3 is 0 Å². The largest absolute Gasteiger partial charge is 0.439 e. The van der Waals surface area contributed by atoms with Crippen molar-refractivity contribution < 1.29 is 9.84 Å². The molecule has 0 aliphatic carbocycles. The van der Waals surface area contributed by atoms with E-state index in [9.17, 15) is 0 Å². The highest BCUT2D eigenvalue weighted by Gasteiger charge is 2.03. The molecule has 92 valence electrons. The van der Waals surface area contributed by atoms with Crippen molar-refractivity contribution >= 4 is 5.84 Å². The maximum Gasteiger partial charge on any atom is 0.219 e. The Morgan fingerprint density at radius 1 is 1.28 bits per heavy atom. The van der Waals surface area contributed by atoms with Crippen LogP contribution in [0, 0.1) is 5.41 Å². The van der Waals surface area contributed by atoms with Crippen LogP contribution in [0.1, 0.15) is 11.3 Å². The molecule has 0 aliphatic rings. The molecule has 0 fully saturated rings. The van der Waals surface area contributed by atoms with Gasteiger partial charge in [0.15, 0.2) is 0 Å². The van der Waals surface area contributed by atoms with Gasteiger partial charge in [0.25, 0.3) is 0 Å². The summed E-state index contributed by atoms with van der Waals surface area (Å²) in [6, 6.07) is 12.1. The number of aliphatic hydroxyl groups is 1. The Morgan fingerprint density at radius 2 is 2.06 bits per heavy atom. The van der Waals surface area contributed by atoms with E-state index in [1.807, 2.05) is 0 Å². The molecule has 0 radical (unpaired) electrons. The Labute approximate surface area is 104 Å². The van der Waals surface area contributed by atoms with Gasteiger partial charge in [0.1, 0.15) is 17.3 Å². The smallest absolute Gasteiger partial charge is 0.219 e. The second-order valence-electron chi connectivity index (χ2n) is 3.68. The molecule has 0 spiro atoms. The Hall–Kier alpha value is -2.40. The molecule has 4 N–H and O–H groups in total. The Balaban J connectivity index is 2.22. The lowest BCUT2D eigenvalue weighted by molar-refractivity contribution is 0.281. The van der Waals surface area contributed by atoms with Crippen LogP contribution in [0.15, 0.2) is 42.5 Å². The van der Waals surface area contributed by atoms with Crippen molar-refractivity contribution in [1.29, 1.82) is 5.41 Å². The second-order valence-corrected chi connectivity index (χ2v) is 3.68. The average Bonchev–Trinajstić information content (AvgIpc) is 2.39. The lowest BCUT2D eigenvalue weighted by Crippen LogP contribution is -2.13. The van der Waals surface area contributed by atoms with Crippen LogP contribution >= 0.6 is 0 Å². The number of hydrogen-bond acceptors (Lipinski definition) is 4. The summed E-state index contributed by atoms with van der Waals surface area (Å²) < 4.78 is 5.54. The highest BCUT2D eigenvalue weighted by molar-refractivity contribution is 5.93. The predicted molar refractivity (Wildman–Crippen MR) is 67.7 cm³/mol. The molecule has 0 saturated heterocycles. The molecule has 0 unspecified atom stereocenters. The molecule has 0 aliphatic heterocycles. The molecular weight excluding hydrogens is 230 g/mol. The van der Waals surface area contributed by atoms with Gasteiger partial charge in [0, 0.05) is 6.07 Å². The zero-order chi connectivity index (χ0) is 13.0. The fourth-order valence-electron chi connectivity index (χ4n) is 1.45. The number of ether oxygens (including phenoxy) is 1. The molecule has 0 atom stereocenters. The molecular formula is C13H13N3O2. The molecule has 5 nitrogen and oxygen atoms in total. The fourth-order valence-corrected chi connectivity index (χ4v) is 1.45. The first-order chi connectivity index (χ1) is 8.69. The number of benzene rings is 1. The van der Waals surface area contributed by atoms with Crippen molar-refractivity contribution in [2.24, 2.45) is 5.73 Å². The van der Waals surface area contributed by atoms with Gasteiger partial charge in [0.05, 0.1) is 6.61 Å². The maximum atomic E-state index is 9.03. The van der Waals surface area contributed by atoms with Crippen LogP contribution in [-0.4, -0.2) is 15.9 Å². The van der Waals surface area contributed by atoms with Gasteiger partial charge in [-0.3, -0.25) is 5.41 Å². The molecule has 1 aromatic heterocycles. The third kappa shape index (κ3) is 2.83. The minimum atomic E-state index is -0.107. The van der Waals surface area contributed by atoms with Gasteiger partial charge < -0.3 is 15.6 Å². The van der Waals surface area contributed by atoms with Crippen molar-refractivity contribution in [3.8, 4) is 11.6 Å². The van der Waals surface area contributed by atoms with Gasteiger partial charge in [-0.2, -0.15) is 0 Å². The summed E-state index contributed by atoms with van der Waals surface area (Å²) in [5.74, 6) is 0.831. The van der Waals surface area contributed by atoms with Crippen molar-refractivity contribution in [2.75, 3.05) is 0 Å². The van der Waals surface area contributed by atoms with Crippen molar-refractivity contribution in [1.82, 2.24) is 4.98 Å². The van der Waals surface area contributed by atoms with E-state index in [-0.39, 0.29) is 12.4 Å². The first-order valence-electron chi connectivity index (χ1n) is 5.38. The monoisotopic (exact) mass is 243 g/mol. The van der Waals surface area contributed by atoms with Gasteiger partial charge in [-0.15, -0.1) is 0 Å². The Kier molecular flexibility index (Phi) is 3.54. The van der Waals surface area contributed by atoms with Crippen molar-refractivity contribution in [2.45, 2.75) is 6.61 Å². The summed E-state index contributed by atoms with van der Waals surface area (Å²) >= 11 is 0. The summed E-state index contributed by atoms with van der Waals surface area (Å²) in [7, 11) is 0. The number of aromatic nitrogens is 1. The maximum absolute atomic E-state index is 9.03. The molecule has 18 heavy (non-hydrogen) atoms. The van der Waals surface area contributed by atoms with E-state index in [4.69, 9.17) is 21.0 Å². The first-order valence-corrected chi connectivity index (χ1v) is 5.38. The molecule has 1 heterocycles. The zero-order valence-electron chi connectivity index (χ0n) is 9.63. The molecule has 2 rings (SSSR count). The molecule has 5 heteroatoms. The average molecular weight is 243 g/mol. The first kappa shape index (κ1) is 12.1. The molecule has 0 saturated carbocycles.